The highest BCUT2D eigenvalue weighted by Gasteiger charge is 2.14. The number of amides is 1. The van der Waals surface area contributed by atoms with E-state index in [2.05, 4.69) is 20.6 Å². The van der Waals surface area contributed by atoms with Gasteiger partial charge >= 0.3 is 0 Å². The molecule has 6 nitrogen and oxygen atoms in total. The number of benzene rings is 2. The first-order valence-corrected chi connectivity index (χ1v) is 7.36. The molecule has 2 aromatic heterocycles. The maximum Gasteiger partial charge on any atom is 0.260 e. The highest BCUT2D eigenvalue weighted by molar-refractivity contribution is 6.07. The molecular formula is C17H11F2N5O. The number of H-pyrrole nitrogens is 1. The van der Waals surface area contributed by atoms with E-state index in [0.29, 0.717) is 5.82 Å². The van der Waals surface area contributed by atoms with Crippen LogP contribution >= 0.6 is 0 Å². The van der Waals surface area contributed by atoms with E-state index in [1.807, 2.05) is 24.3 Å². The Morgan fingerprint density at radius 1 is 1.16 bits per heavy atom. The topological polar surface area (TPSA) is 75.6 Å². The number of nitrogens with zero attached hydrogens (tertiary/aromatic N) is 3. The standard InChI is InChI=1S/C17H11F2N5O/c18-11-5-6-15(13(19)7-11)24-9-10(8-20-24)17(25)21-16-12-3-1-2-4-14(12)22-23-16/h1-9H,(H2,21,22,23,25). The molecule has 0 radical (unpaired) electrons. The molecule has 8 heteroatoms. The number of halogens is 2. The highest BCUT2D eigenvalue weighted by Crippen LogP contribution is 2.20. The molecule has 0 bridgehead atoms. The van der Waals surface area contributed by atoms with Gasteiger partial charge < -0.3 is 5.32 Å². The minimum absolute atomic E-state index is 0.0469. The lowest BCUT2D eigenvalue weighted by Gasteiger charge is -2.02. The third-order valence-corrected chi connectivity index (χ3v) is 3.70. The number of para-hydroxylation sites is 1. The smallest absolute Gasteiger partial charge is 0.260 e. The molecule has 124 valence electrons. The third-order valence-electron chi connectivity index (χ3n) is 3.70. The lowest BCUT2D eigenvalue weighted by atomic mass is 10.2. The van der Waals surface area contributed by atoms with E-state index in [0.717, 1.165) is 23.0 Å². The van der Waals surface area contributed by atoms with Gasteiger partial charge in [0.25, 0.3) is 5.91 Å². The molecule has 0 fully saturated rings. The average molecular weight is 339 g/mol. The van der Waals surface area contributed by atoms with Crippen LogP contribution in [0.2, 0.25) is 0 Å². The summed E-state index contributed by atoms with van der Waals surface area (Å²) in [5.74, 6) is -1.50. The predicted molar refractivity (Wildman–Crippen MR) is 87.5 cm³/mol. The van der Waals surface area contributed by atoms with Crippen molar-refractivity contribution in [2.45, 2.75) is 0 Å². The average Bonchev–Trinajstić information content (AvgIpc) is 3.23. The van der Waals surface area contributed by atoms with Crippen LogP contribution in [-0.2, 0) is 0 Å². The molecule has 0 unspecified atom stereocenters. The predicted octanol–water partition coefficient (Wildman–Crippen LogP) is 3.28. The molecule has 0 atom stereocenters. The van der Waals surface area contributed by atoms with Crippen LogP contribution in [0, 0.1) is 11.6 Å². The zero-order valence-corrected chi connectivity index (χ0v) is 12.7. The molecule has 0 saturated heterocycles. The zero-order valence-electron chi connectivity index (χ0n) is 12.7. The lowest BCUT2D eigenvalue weighted by molar-refractivity contribution is 0.102. The summed E-state index contributed by atoms with van der Waals surface area (Å²) < 4.78 is 28.0. The van der Waals surface area contributed by atoms with Gasteiger partial charge in [-0.1, -0.05) is 12.1 Å². The number of anilines is 1. The first kappa shape index (κ1) is 15.0. The fraction of sp³-hybridized carbons (Fsp3) is 0. The van der Waals surface area contributed by atoms with E-state index < -0.39 is 17.5 Å². The monoisotopic (exact) mass is 339 g/mol. The van der Waals surface area contributed by atoms with Crippen LogP contribution in [0.25, 0.3) is 16.6 Å². The summed E-state index contributed by atoms with van der Waals surface area (Å²) in [6.07, 6.45) is 2.66. The summed E-state index contributed by atoms with van der Waals surface area (Å²) in [5, 5.41) is 14.3. The Morgan fingerprint density at radius 2 is 2.00 bits per heavy atom. The Bertz CT molecular complexity index is 1090. The van der Waals surface area contributed by atoms with Crippen LogP contribution in [0.4, 0.5) is 14.6 Å². The molecule has 0 spiro atoms. The number of fused-ring (bicyclic) bond motifs is 1. The SMILES string of the molecule is O=C(Nc1n[nH]c2ccccc12)c1cnn(-c2ccc(F)cc2F)c1. The van der Waals surface area contributed by atoms with E-state index in [4.69, 9.17) is 0 Å². The van der Waals surface area contributed by atoms with E-state index in [-0.39, 0.29) is 11.3 Å². The second-order valence-corrected chi connectivity index (χ2v) is 5.34. The van der Waals surface area contributed by atoms with Gasteiger partial charge in [-0.15, -0.1) is 0 Å². The van der Waals surface area contributed by atoms with Crippen LogP contribution < -0.4 is 5.32 Å². The van der Waals surface area contributed by atoms with Crippen molar-refractivity contribution in [3.05, 3.63) is 72.1 Å². The largest absolute Gasteiger partial charge is 0.304 e. The summed E-state index contributed by atoms with van der Waals surface area (Å²) >= 11 is 0. The number of carbonyl (C=O) groups is 1. The van der Waals surface area contributed by atoms with E-state index in [9.17, 15) is 13.6 Å². The van der Waals surface area contributed by atoms with Gasteiger partial charge in [-0.05, 0) is 24.3 Å². The first-order chi connectivity index (χ1) is 12.1. The Kier molecular flexibility index (Phi) is 3.50. The summed E-state index contributed by atoms with van der Waals surface area (Å²) in [6, 6.07) is 10.5. The van der Waals surface area contributed by atoms with Crippen molar-refractivity contribution in [2.24, 2.45) is 0 Å². The molecular weight excluding hydrogens is 328 g/mol. The zero-order chi connectivity index (χ0) is 17.4. The van der Waals surface area contributed by atoms with Crippen LogP contribution in [0.5, 0.6) is 0 Å². The summed E-state index contributed by atoms with van der Waals surface area (Å²) in [7, 11) is 0. The fourth-order valence-electron chi connectivity index (χ4n) is 2.48. The quantitative estimate of drug-likeness (QED) is 0.601. The van der Waals surface area contributed by atoms with Gasteiger partial charge in [-0.25, -0.2) is 13.5 Å². The van der Waals surface area contributed by atoms with Gasteiger partial charge in [-0.2, -0.15) is 10.2 Å². The third kappa shape index (κ3) is 2.74. The molecule has 2 heterocycles. The lowest BCUT2D eigenvalue weighted by Crippen LogP contribution is -2.11. The van der Waals surface area contributed by atoms with E-state index in [1.165, 1.54) is 23.1 Å². The van der Waals surface area contributed by atoms with Crippen molar-refractivity contribution >= 4 is 22.6 Å². The van der Waals surface area contributed by atoms with Crippen LogP contribution in [0.1, 0.15) is 10.4 Å². The number of carbonyl (C=O) groups excluding carboxylic acids is 1. The van der Waals surface area contributed by atoms with Crippen LogP contribution in [-0.4, -0.2) is 25.9 Å². The number of rotatable bonds is 3. The molecule has 4 rings (SSSR count). The minimum atomic E-state index is -0.770. The van der Waals surface area contributed by atoms with Gasteiger partial charge in [0.05, 0.1) is 17.3 Å². The van der Waals surface area contributed by atoms with Crippen molar-refractivity contribution < 1.29 is 13.6 Å². The van der Waals surface area contributed by atoms with Gasteiger partial charge in [0, 0.05) is 17.6 Å². The van der Waals surface area contributed by atoms with Gasteiger partial charge in [0.1, 0.15) is 11.5 Å². The van der Waals surface area contributed by atoms with Crippen molar-refractivity contribution in [2.75, 3.05) is 5.32 Å². The fourth-order valence-corrected chi connectivity index (χ4v) is 2.48. The molecule has 1 amide bonds. The van der Waals surface area contributed by atoms with Gasteiger partial charge in [0.2, 0.25) is 0 Å². The second-order valence-electron chi connectivity index (χ2n) is 5.34. The first-order valence-electron chi connectivity index (χ1n) is 7.36. The van der Waals surface area contributed by atoms with Gasteiger partial charge in [-0.3, -0.25) is 9.89 Å². The molecule has 25 heavy (non-hydrogen) atoms. The Balaban J connectivity index is 1.60. The van der Waals surface area contributed by atoms with Crippen molar-refractivity contribution in [1.29, 1.82) is 0 Å². The summed E-state index contributed by atoms with van der Waals surface area (Å²) in [5.41, 5.74) is 1.06. The summed E-state index contributed by atoms with van der Waals surface area (Å²) in [6.45, 7) is 0. The number of hydrogen-bond donors (Lipinski definition) is 2. The van der Waals surface area contributed by atoms with Crippen LogP contribution in [0.15, 0.2) is 54.9 Å². The molecule has 2 N–H and O–H groups in total. The van der Waals surface area contributed by atoms with E-state index >= 15 is 0 Å². The van der Waals surface area contributed by atoms with Crippen LogP contribution in [0.3, 0.4) is 0 Å². The maximum atomic E-state index is 13.8. The molecule has 2 aromatic carbocycles. The maximum absolute atomic E-state index is 13.8. The van der Waals surface area contributed by atoms with Crippen molar-refractivity contribution in [3.63, 3.8) is 0 Å². The summed E-state index contributed by atoms with van der Waals surface area (Å²) in [4.78, 5) is 12.4. The Labute approximate surface area is 140 Å². The molecule has 4 aromatic rings. The van der Waals surface area contributed by atoms with Gasteiger partial charge in [0.15, 0.2) is 11.6 Å². The normalized spacial score (nSPS) is 11.0. The Hall–Kier alpha value is -3.55. The molecule has 0 saturated carbocycles. The Morgan fingerprint density at radius 3 is 2.84 bits per heavy atom. The molecule has 0 aliphatic carbocycles. The van der Waals surface area contributed by atoms with Crippen molar-refractivity contribution in [3.8, 4) is 5.69 Å². The van der Waals surface area contributed by atoms with E-state index in [1.54, 1.807) is 0 Å². The number of nitrogens with one attached hydrogen (secondary N) is 2. The molecule has 0 aliphatic heterocycles. The number of hydrogen-bond acceptors (Lipinski definition) is 3. The minimum Gasteiger partial charge on any atom is -0.304 e. The van der Waals surface area contributed by atoms with Crippen molar-refractivity contribution in [1.82, 2.24) is 20.0 Å². The molecule has 0 aliphatic rings. The second kappa shape index (κ2) is 5.82. The highest BCUT2D eigenvalue weighted by atomic mass is 19.1. The number of aromatic amines is 1. The number of aromatic nitrogens is 4.